The van der Waals surface area contributed by atoms with Crippen molar-refractivity contribution in [1.82, 2.24) is 5.32 Å². The van der Waals surface area contributed by atoms with Crippen molar-refractivity contribution < 1.29 is 9.18 Å². The van der Waals surface area contributed by atoms with Gasteiger partial charge in [0.1, 0.15) is 11.9 Å². The second-order valence-electron chi connectivity index (χ2n) is 4.71. The van der Waals surface area contributed by atoms with Gasteiger partial charge in [-0.3, -0.25) is 4.79 Å². The van der Waals surface area contributed by atoms with E-state index in [9.17, 15) is 9.18 Å². The van der Waals surface area contributed by atoms with Crippen LogP contribution in [0.5, 0.6) is 0 Å². The Morgan fingerprint density at radius 2 is 2.22 bits per heavy atom. The molecule has 0 bridgehead atoms. The number of hydrogen-bond donors (Lipinski definition) is 2. The van der Waals surface area contributed by atoms with Gasteiger partial charge in [-0.25, -0.2) is 4.39 Å². The van der Waals surface area contributed by atoms with Crippen LogP contribution in [0.3, 0.4) is 0 Å². The van der Waals surface area contributed by atoms with Crippen molar-refractivity contribution in [2.75, 3.05) is 24.5 Å². The van der Waals surface area contributed by atoms with Crippen LogP contribution in [0.2, 0.25) is 0 Å². The van der Waals surface area contributed by atoms with Crippen molar-refractivity contribution in [3.63, 3.8) is 0 Å². The Kier molecular flexibility index (Phi) is 3.81. The minimum absolute atomic E-state index is 0.134. The molecule has 1 aliphatic rings. The standard InChI is InChI=1S/C13H18FN3O/c1-9-7-16-13(18)12(6-15)17(8-9)11-5-3-2-4-10(11)14/h2-5,9,12H,6-8,15H2,1H3,(H,16,18). The molecule has 3 N–H and O–H groups in total. The summed E-state index contributed by atoms with van der Waals surface area (Å²) in [6, 6.07) is 5.98. The van der Waals surface area contributed by atoms with Crippen LogP contribution >= 0.6 is 0 Å². The third-order valence-electron chi connectivity index (χ3n) is 3.20. The number of halogens is 1. The molecule has 0 aromatic heterocycles. The first-order chi connectivity index (χ1) is 8.63. The lowest BCUT2D eigenvalue weighted by Gasteiger charge is -2.30. The van der Waals surface area contributed by atoms with Gasteiger partial charge in [0.05, 0.1) is 5.69 Å². The molecule has 1 heterocycles. The smallest absolute Gasteiger partial charge is 0.244 e. The summed E-state index contributed by atoms with van der Waals surface area (Å²) in [4.78, 5) is 13.7. The number of hydrogen-bond acceptors (Lipinski definition) is 3. The summed E-state index contributed by atoms with van der Waals surface area (Å²) in [7, 11) is 0. The predicted octanol–water partition coefficient (Wildman–Crippen LogP) is 0.725. The van der Waals surface area contributed by atoms with Crippen LogP contribution in [-0.2, 0) is 4.79 Å². The number of nitrogens with one attached hydrogen (secondary N) is 1. The highest BCUT2D eigenvalue weighted by Gasteiger charge is 2.30. The molecule has 4 nitrogen and oxygen atoms in total. The fraction of sp³-hybridized carbons (Fsp3) is 0.462. The summed E-state index contributed by atoms with van der Waals surface area (Å²) in [5, 5.41) is 2.83. The first kappa shape index (κ1) is 12.8. The molecular formula is C13H18FN3O. The van der Waals surface area contributed by atoms with Crippen molar-refractivity contribution in [3.05, 3.63) is 30.1 Å². The number of carbonyl (C=O) groups excluding carboxylic acids is 1. The molecule has 1 aliphatic heterocycles. The van der Waals surface area contributed by atoms with Crippen LogP contribution < -0.4 is 16.0 Å². The van der Waals surface area contributed by atoms with Gasteiger partial charge in [-0.1, -0.05) is 19.1 Å². The Hall–Kier alpha value is -1.62. The van der Waals surface area contributed by atoms with E-state index in [1.165, 1.54) is 6.07 Å². The average molecular weight is 251 g/mol. The molecule has 2 unspecified atom stereocenters. The topological polar surface area (TPSA) is 58.4 Å². The van der Waals surface area contributed by atoms with Gasteiger partial charge in [-0.05, 0) is 18.1 Å². The summed E-state index contributed by atoms with van der Waals surface area (Å²) < 4.78 is 13.9. The molecule has 1 aromatic rings. The van der Waals surface area contributed by atoms with Crippen LogP contribution in [0.25, 0.3) is 0 Å². The molecule has 0 spiro atoms. The fourth-order valence-electron chi connectivity index (χ4n) is 2.25. The highest BCUT2D eigenvalue weighted by molar-refractivity contribution is 5.86. The molecule has 1 saturated heterocycles. The van der Waals surface area contributed by atoms with Crippen LogP contribution in [0.1, 0.15) is 6.92 Å². The van der Waals surface area contributed by atoms with E-state index in [2.05, 4.69) is 5.32 Å². The number of amides is 1. The fourth-order valence-corrected chi connectivity index (χ4v) is 2.25. The highest BCUT2D eigenvalue weighted by atomic mass is 19.1. The Bertz CT molecular complexity index is 438. The van der Waals surface area contributed by atoms with Gasteiger partial charge in [0.15, 0.2) is 0 Å². The minimum Gasteiger partial charge on any atom is -0.356 e. The average Bonchev–Trinajstić information content (AvgIpc) is 2.50. The van der Waals surface area contributed by atoms with Crippen molar-refractivity contribution >= 4 is 11.6 Å². The van der Waals surface area contributed by atoms with E-state index in [0.29, 0.717) is 18.8 Å². The van der Waals surface area contributed by atoms with Crippen molar-refractivity contribution in [3.8, 4) is 0 Å². The van der Waals surface area contributed by atoms with E-state index < -0.39 is 6.04 Å². The quantitative estimate of drug-likeness (QED) is 0.814. The maximum atomic E-state index is 13.9. The van der Waals surface area contributed by atoms with Gasteiger partial charge < -0.3 is 16.0 Å². The number of anilines is 1. The second kappa shape index (κ2) is 5.35. The number of rotatable bonds is 2. The van der Waals surface area contributed by atoms with E-state index in [-0.39, 0.29) is 24.2 Å². The zero-order chi connectivity index (χ0) is 13.1. The lowest BCUT2D eigenvalue weighted by atomic mass is 10.1. The van der Waals surface area contributed by atoms with E-state index in [1.54, 1.807) is 23.1 Å². The first-order valence-corrected chi connectivity index (χ1v) is 6.12. The van der Waals surface area contributed by atoms with Gasteiger partial charge in [0.25, 0.3) is 0 Å². The minimum atomic E-state index is -0.508. The third kappa shape index (κ3) is 2.46. The second-order valence-corrected chi connectivity index (χ2v) is 4.71. The van der Waals surface area contributed by atoms with E-state index in [1.807, 2.05) is 6.92 Å². The Balaban J connectivity index is 2.37. The number of benzene rings is 1. The molecule has 1 aromatic carbocycles. The molecule has 2 atom stereocenters. The number of carbonyl (C=O) groups is 1. The molecule has 5 heteroatoms. The molecule has 1 fully saturated rings. The van der Waals surface area contributed by atoms with Gasteiger partial charge in [-0.15, -0.1) is 0 Å². The monoisotopic (exact) mass is 251 g/mol. The summed E-state index contributed by atoms with van der Waals surface area (Å²) >= 11 is 0. The van der Waals surface area contributed by atoms with Gasteiger partial charge in [0.2, 0.25) is 5.91 Å². The normalized spacial score (nSPS) is 24.6. The molecule has 1 amide bonds. The summed E-state index contributed by atoms with van der Waals surface area (Å²) in [5.74, 6) is -0.201. The van der Waals surface area contributed by atoms with E-state index >= 15 is 0 Å². The predicted molar refractivity (Wildman–Crippen MR) is 68.8 cm³/mol. The summed E-state index contributed by atoms with van der Waals surface area (Å²) in [6.45, 7) is 3.40. The highest BCUT2D eigenvalue weighted by Crippen LogP contribution is 2.23. The summed E-state index contributed by atoms with van der Waals surface area (Å²) in [5.41, 5.74) is 6.10. The Morgan fingerprint density at radius 3 is 2.89 bits per heavy atom. The van der Waals surface area contributed by atoms with Crippen LogP contribution in [0, 0.1) is 11.7 Å². The third-order valence-corrected chi connectivity index (χ3v) is 3.20. The lowest BCUT2D eigenvalue weighted by Crippen LogP contribution is -2.49. The summed E-state index contributed by atoms with van der Waals surface area (Å²) in [6.07, 6.45) is 0. The van der Waals surface area contributed by atoms with E-state index in [4.69, 9.17) is 5.73 Å². The molecular weight excluding hydrogens is 233 g/mol. The Morgan fingerprint density at radius 1 is 1.50 bits per heavy atom. The maximum Gasteiger partial charge on any atom is 0.244 e. The zero-order valence-electron chi connectivity index (χ0n) is 10.4. The first-order valence-electron chi connectivity index (χ1n) is 6.12. The van der Waals surface area contributed by atoms with Crippen molar-refractivity contribution in [2.45, 2.75) is 13.0 Å². The van der Waals surface area contributed by atoms with Crippen LogP contribution in [0.15, 0.2) is 24.3 Å². The maximum absolute atomic E-state index is 13.9. The van der Waals surface area contributed by atoms with E-state index in [0.717, 1.165) is 0 Å². The number of nitrogens with two attached hydrogens (primary N) is 1. The van der Waals surface area contributed by atoms with Gasteiger partial charge in [-0.2, -0.15) is 0 Å². The molecule has 2 rings (SSSR count). The molecule has 98 valence electrons. The number of nitrogens with zero attached hydrogens (tertiary/aromatic N) is 1. The molecule has 18 heavy (non-hydrogen) atoms. The molecule has 0 saturated carbocycles. The lowest BCUT2D eigenvalue weighted by molar-refractivity contribution is -0.121. The molecule has 0 aliphatic carbocycles. The van der Waals surface area contributed by atoms with Crippen LogP contribution in [0.4, 0.5) is 10.1 Å². The molecule has 0 radical (unpaired) electrons. The largest absolute Gasteiger partial charge is 0.356 e. The Labute approximate surface area is 106 Å². The van der Waals surface area contributed by atoms with Crippen LogP contribution in [-0.4, -0.2) is 31.6 Å². The van der Waals surface area contributed by atoms with Gasteiger partial charge >= 0.3 is 0 Å². The number of para-hydroxylation sites is 1. The zero-order valence-corrected chi connectivity index (χ0v) is 10.4. The van der Waals surface area contributed by atoms with Crippen molar-refractivity contribution in [1.29, 1.82) is 0 Å². The van der Waals surface area contributed by atoms with Gasteiger partial charge in [0, 0.05) is 19.6 Å². The SMILES string of the molecule is CC1CNC(=O)C(CN)N(c2ccccc2F)C1. The van der Waals surface area contributed by atoms with Crippen molar-refractivity contribution in [2.24, 2.45) is 11.7 Å².